The van der Waals surface area contributed by atoms with Crippen LogP contribution in [-0.4, -0.2) is 25.2 Å². The van der Waals surface area contributed by atoms with Crippen LogP contribution in [0.25, 0.3) is 11.1 Å². The zero-order valence-corrected chi connectivity index (χ0v) is 16.2. The Labute approximate surface area is 169 Å². The second-order valence-corrected chi connectivity index (χ2v) is 6.31. The van der Waals surface area contributed by atoms with E-state index in [0.29, 0.717) is 23.7 Å². The van der Waals surface area contributed by atoms with Gasteiger partial charge >= 0.3 is 11.9 Å². The van der Waals surface area contributed by atoms with Crippen LogP contribution < -0.4 is 9.47 Å². The Hall–Kier alpha value is -3.60. The monoisotopic (exact) mass is 390 g/mol. The van der Waals surface area contributed by atoms with Crippen LogP contribution in [0.2, 0.25) is 0 Å². The average Bonchev–Trinajstić information content (AvgIpc) is 2.77. The van der Waals surface area contributed by atoms with Gasteiger partial charge in [0.15, 0.2) is 6.61 Å². The minimum atomic E-state index is -0.529. The van der Waals surface area contributed by atoms with Gasteiger partial charge in [0.1, 0.15) is 11.5 Å². The molecule has 5 heteroatoms. The van der Waals surface area contributed by atoms with Gasteiger partial charge in [0, 0.05) is 0 Å². The maximum Gasteiger partial charge on any atom is 0.349 e. The van der Waals surface area contributed by atoms with Crippen LogP contribution in [0.15, 0.2) is 78.9 Å². The van der Waals surface area contributed by atoms with Crippen molar-refractivity contribution in [3.8, 4) is 22.6 Å². The van der Waals surface area contributed by atoms with Crippen molar-refractivity contribution in [1.82, 2.24) is 0 Å². The van der Waals surface area contributed by atoms with Gasteiger partial charge in [-0.3, -0.25) is 0 Å². The summed E-state index contributed by atoms with van der Waals surface area (Å²) >= 11 is 0. The molecule has 3 rings (SSSR count). The Kier molecular flexibility index (Phi) is 7.00. The summed E-state index contributed by atoms with van der Waals surface area (Å²) in [5.41, 5.74) is 2.59. The van der Waals surface area contributed by atoms with E-state index >= 15 is 0 Å². The number of esters is 2. The Morgan fingerprint density at radius 3 is 2.03 bits per heavy atom. The number of carbonyl (C=O) groups is 2. The van der Waals surface area contributed by atoms with Crippen molar-refractivity contribution in [1.29, 1.82) is 0 Å². The minimum Gasteiger partial charge on any atom is -0.482 e. The van der Waals surface area contributed by atoms with Crippen LogP contribution in [0.1, 0.15) is 23.7 Å². The third kappa shape index (κ3) is 5.94. The standard InChI is InChI=1S/C24H22O5/c1-2-16-27-24(26)20-10-14-22(15-11-20)29-23(25)17-28-21-12-8-19(9-13-21)18-6-4-3-5-7-18/h3-15H,2,16-17H2,1H3. The summed E-state index contributed by atoms with van der Waals surface area (Å²) in [6.45, 7) is 2.08. The molecule has 148 valence electrons. The molecule has 3 aromatic rings. The molecule has 0 aliphatic heterocycles. The first kappa shape index (κ1) is 20.1. The lowest BCUT2D eigenvalue weighted by Gasteiger charge is -2.08. The molecular weight excluding hydrogens is 368 g/mol. The van der Waals surface area contributed by atoms with E-state index in [1.807, 2.05) is 61.5 Å². The second-order valence-electron chi connectivity index (χ2n) is 6.31. The molecule has 0 amide bonds. The van der Waals surface area contributed by atoms with Crippen molar-refractivity contribution >= 4 is 11.9 Å². The number of ether oxygens (including phenoxy) is 3. The van der Waals surface area contributed by atoms with Gasteiger partial charge in [-0.2, -0.15) is 0 Å². The zero-order valence-electron chi connectivity index (χ0n) is 16.2. The number of rotatable bonds is 8. The highest BCUT2D eigenvalue weighted by molar-refractivity contribution is 5.89. The van der Waals surface area contributed by atoms with Crippen LogP contribution in [0.3, 0.4) is 0 Å². The molecule has 0 radical (unpaired) electrons. The van der Waals surface area contributed by atoms with E-state index in [2.05, 4.69) is 0 Å². The number of hydrogen-bond acceptors (Lipinski definition) is 5. The van der Waals surface area contributed by atoms with E-state index in [-0.39, 0.29) is 6.61 Å². The van der Waals surface area contributed by atoms with Crippen molar-refractivity contribution in [2.75, 3.05) is 13.2 Å². The molecule has 0 atom stereocenters. The maximum atomic E-state index is 12.0. The molecule has 0 aliphatic carbocycles. The van der Waals surface area contributed by atoms with Crippen molar-refractivity contribution < 1.29 is 23.8 Å². The summed E-state index contributed by atoms with van der Waals surface area (Å²) in [6.07, 6.45) is 0.760. The molecule has 0 fully saturated rings. The first-order valence-corrected chi connectivity index (χ1v) is 9.42. The first-order chi connectivity index (χ1) is 14.2. The van der Waals surface area contributed by atoms with E-state index in [4.69, 9.17) is 14.2 Å². The van der Waals surface area contributed by atoms with E-state index in [1.165, 1.54) is 0 Å². The van der Waals surface area contributed by atoms with Crippen molar-refractivity contribution in [3.05, 3.63) is 84.4 Å². The van der Waals surface area contributed by atoms with Crippen LogP contribution in [0.5, 0.6) is 11.5 Å². The Morgan fingerprint density at radius 1 is 0.759 bits per heavy atom. The van der Waals surface area contributed by atoms with Crippen LogP contribution in [-0.2, 0) is 9.53 Å². The molecule has 0 bridgehead atoms. The molecule has 0 aromatic heterocycles. The van der Waals surface area contributed by atoms with Gasteiger partial charge in [0.05, 0.1) is 12.2 Å². The van der Waals surface area contributed by atoms with Crippen molar-refractivity contribution in [3.63, 3.8) is 0 Å². The van der Waals surface area contributed by atoms with Crippen molar-refractivity contribution in [2.45, 2.75) is 13.3 Å². The summed E-state index contributed by atoms with van der Waals surface area (Å²) in [5, 5.41) is 0. The van der Waals surface area contributed by atoms with E-state index < -0.39 is 11.9 Å². The van der Waals surface area contributed by atoms with Gasteiger partial charge in [-0.25, -0.2) is 9.59 Å². The Balaban J connectivity index is 1.49. The topological polar surface area (TPSA) is 61.8 Å². The van der Waals surface area contributed by atoms with Crippen molar-refractivity contribution in [2.24, 2.45) is 0 Å². The summed E-state index contributed by atoms with van der Waals surface area (Å²) in [6, 6.07) is 23.7. The summed E-state index contributed by atoms with van der Waals surface area (Å²) in [7, 11) is 0. The van der Waals surface area contributed by atoms with Crippen LogP contribution >= 0.6 is 0 Å². The molecule has 0 aliphatic rings. The molecule has 0 N–H and O–H groups in total. The average molecular weight is 390 g/mol. The Bertz CT molecular complexity index is 931. The lowest BCUT2D eigenvalue weighted by atomic mass is 10.1. The quantitative estimate of drug-likeness (QED) is 0.404. The molecule has 3 aromatic carbocycles. The predicted octanol–water partition coefficient (Wildman–Crippen LogP) is 4.90. The Morgan fingerprint density at radius 2 is 1.38 bits per heavy atom. The fraction of sp³-hybridized carbons (Fsp3) is 0.167. The van der Waals surface area contributed by atoms with E-state index in [0.717, 1.165) is 17.5 Å². The smallest absolute Gasteiger partial charge is 0.349 e. The fourth-order valence-electron chi connectivity index (χ4n) is 2.61. The fourth-order valence-corrected chi connectivity index (χ4v) is 2.61. The summed E-state index contributed by atoms with van der Waals surface area (Å²) in [4.78, 5) is 23.8. The number of hydrogen-bond donors (Lipinski definition) is 0. The molecule has 0 spiro atoms. The lowest BCUT2D eigenvalue weighted by Crippen LogP contribution is -2.17. The van der Waals surface area contributed by atoms with Crippen LogP contribution in [0.4, 0.5) is 0 Å². The molecular formula is C24H22O5. The highest BCUT2D eigenvalue weighted by Crippen LogP contribution is 2.22. The lowest BCUT2D eigenvalue weighted by molar-refractivity contribution is -0.136. The van der Waals surface area contributed by atoms with Gasteiger partial charge in [0.2, 0.25) is 0 Å². The van der Waals surface area contributed by atoms with Gasteiger partial charge in [-0.15, -0.1) is 0 Å². The third-order valence-corrected chi connectivity index (χ3v) is 4.08. The van der Waals surface area contributed by atoms with Gasteiger partial charge < -0.3 is 14.2 Å². The second kappa shape index (κ2) is 10.1. The predicted molar refractivity (Wildman–Crippen MR) is 110 cm³/mol. The molecule has 0 heterocycles. The van der Waals surface area contributed by atoms with E-state index in [9.17, 15) is 9.59 Å². The maximum absolute atomic E-state index is 12.0. The highest BCUT2D eigenvalue weighted by atomic mass is 16.6. The molecule has 0 saturated heterocycles. The number of benzene rings is 3. The largest absolute Gasteiger partial charge is 0.482 e. The summed E-state index contributed by atoms with van der Waals surface area (Å²) in [5.74, 6) is -0.00818. The first-order valence-electron chi connectivity index (χ1n) is 9.42. The van der Waals surface area contributed by atoms with Gasteiger partial charge in [-0.05, 0) is 53.9 Å². The highest BCUT2D eigenvalue weighted by Gasteiger charge is 2.10. The molecule has 29 heavy (non-hydrogen) atoms. The zero-order chi connectivity index (χ0) is 20.5. The number of carbonyl (C=O) groups excluding carboxylic acids is 2. The molecule has 0 saturated carbocycles. The molecule has 0 unspecified atom stereocenters. The minimum absolute atomic E-state index is 0.217. The molecule has 5 nitrogen and oxygen atoms in total. The SMILES string of the molecule is CCCOC(=O)c1ccc(OC(=O)COc2ccc(-c3ccccc3)cc2)cc1. The van der Waals surface area contributed by atoms with Gasteiger partial charge in [-0.1, -0.05) is 49.4 Å². The normalized spacial score (nSPS) is 10.2. The van der Waals surface area contributed by atoms with Crippen LogP contribution in [0, 0.1) is 0 Å². The van der Waals surface area contributed by atoms with E-state index in [1.54, 1.807) is 24.3 Å². The summed E-state index contributed by atoms with van der Waals surface area (Å²) < 4.78 is 15.8. The third-order valence-electron chi connectivity index (χ3n) is 4.08. The van der Waals surface area contributed by atoms with Gasteiger partial charge in [0.25, 0.3) is 0 Å².